The molecule has 0 saturated carbocycles. The lowest BCUT2D eigenvalue weighted by Gasteiger charge is -2.17. The first-order chi connectivity index (χ1) is 9.31. The number of primary amides is 1. The summed E-state index contributed by atoms with van der Waals surface area (Å²) in [6, 6.07) is 6.82. The lowest BCUT2D eigenvalue weighted by Crippen LogP contribution is -2.19. The van der Waals surface area contributed by atoms with E-state index < -0.39 is 24.3 Å². The maximum atomic E-state index is 12.1. The van der Waals surface area contributed by atoms with E-state index in [2.05, 4.69) is 4.74 Å². The predicted octanol–water partition coefficient (Wildman–Crippen LogP) is 3.03. The van der Waals surface area contributed by atoms with Gasteiger partial charge in [-0.2, -0.15) is 5.26 Å². The minimum absolute atomic E-state index is 0.0578. The normalized spacial score (nSPS) is 12.3. The molecule has 0 fully saturated rings. The van der Waals surface area contributed by atoms with Crippen LogP contribution in [0.2, 0.25) is 0 Å². The summed E-state index contributed by atoms with van der Waals surface area (Å²) in [7, 11) is 0. The molecule has 1 aromatic rings. The molecular formula is C12H11F3N2O3. The summed E-state index contributed by atoms with van der Waals surface area (Å²) in [4.78, 5) is 10.8. The summed E-state index contributed by atoms with van der Waals surface area (Å²) in [5.74, 6) is -0.440. The highest BCUT2D eigenvalue weighted by Crippen LogP contribution is 2.28. The maximum Gasteiger partial charge on any atom is 0.573 e. The van der Waals surface area contributed by atoms with Gasteiger partial charge >= 0.3 is 12.5 Å². The van der Waals surface area contributed by atoms with E-state index in [9.17, 15) is 18.0 Å². The topological polar surface area (TPSA) is 85.3 Å². The second kappa shape index (κ2) is 6.65. The summed E-state index contributed by atoms with van der Waals surface area (Å²) in [6.07, 6.45) is -6.61. The van der Waals surface area contributed by atoms with Gasteiger partial charge in [0.25, 0.3) is 0 Å². The molecular weight excluding hydrogens is 277 g/mol. The van der Waals surface area contributed by atoms with Gasteiger partial charge in [-0.1, -0.05) is 12.1 Å². The fourth-order valence-corrected chi connectivity index (χ4v) is 1.54. The molecule has 1 rings (SSSR count). The molecule has 0 heterocycles. The third-order valence-corrected chi connectivity index (χ3v) is 2.24. The second-order valence-corrected chi connectivity index (χ2v) is 3.74. The largest absolute Gasteiger partial charge is 0.573 e. The van der Waals surface area contributed by atoms with E-state index in [0.29, 0.717) is 0 Å². The molecule has 0 saturated heterocycles. The Morgan fingerprint density at radius 1 is 1.45 bits per heavy atom. The second-order valence-electron chi connectivity index (χ2n) is 3.74. The average molecular weight is 288 g/mol. The SMILES string of the molecule is N#CCCC(OC(N)=O)c1cccc(OC(F)(F)F)c1. The number of rotatable bonds is 5. The number of carbonyl (C=O) groups excluding carboxylic acids is 1. The van der Waals surface area contributed by atoms with Crippen molar-refractivity contribution >= 4 is 6.09 Å². The van der Waals surface area contributed by atoms with Gasteiger partial charge in [-0.25, -0.2) is 4.79 Å². The van der Waals surface area contributed by atoms with Gasteiger partial charge in [-0.05, 0) is 17.7 Å². The van der Waals surface area contributed by atoms with Gasteiger partial charge in [0, 0.05) is 12.8 Å². The Morgan fingerprint density at radius 2 is 2.15 bits per heavy atom. The molecule has 0 aliphatic heterocycles. The average Bonchev–Trinajstić information content (AvgIpc) is 2.32. The van der Waals surface area contributed by atoms with Crippen LogP contribution in [0.25, 0.3) is 0 Å². The highest BCUT2D eigenvalue weighted by molar-refractivity contribution is 5.65. The van der Waals surface area contributed by atoms with Crippen LogP contribution in [-0.4, -0.2) is 12.5 Å². The highest BCUT2D eigenvalue weighted by atomic mass is 19.4. The van der Waals surface area contributed by atoms with Gasteiger partial charge in [-0.3, -0.25) is 0 Å². The molecule has 1 amide bonds. The van der Waals surface area contributed by atoms with Crippen LogP contribution in [0.15, 0.2) is 24.3 Å². The lowest BCUT2D eigenvalue weighted by atomic mass is 10.0. The van der Waals surface area contributed by atoms with E-state index in [1.807, 2.05) is 6.07 Å². The number of hydrogen-bond donors (Lipinski definition) is 1. The van der Waals surface area contributed by atoms with E-state index in [1.54, 1.807) is 0 Å². The Labute approximate surface area is 112 Å². The molecule has 1 atom stereocenters. The summed E-state index contributed by atoms with van der Waals surface area (Å²) in [5, 5.41) is 8.51. The smallest absolute Gasteiger partial charge is 0.441 e. The number of hydrogen-bond acceptors (Lipinski definition) is 4. The summed E-state index contributed by atoms with van der Waals surface area (Å²) < 4.78 is 44.9. The van der Waals surface area contributed by atoms with Gasteiger partial charge in [0.15, 0.2) is 0 Å². The molecule has 0 radical (unpaired) electrons. The van der Waals surface area contributed by atoms with Crippen LogP contribution in [-0.2, 0) is 4.74 Å². The Balaban J connectivity index is 2.92. The van der Waals surface area contributed by atoms with E-state index in [4.69, 9.17) is 15.7 Å². The Kier molecular flexibility index (Phi) is 5.20. The molecule has 2 N–H and O–H groups in total. The molecule has 0 spiro atoms. The number of nitriles is 1. The third-order valence-electron chi connectivity index (χ3n) is 2.24. The van der Waals surface area contributed by atoms with Gasteiger partial charge in [0.1, 0.15) is 11.9 Å². The molecule has 108 valence electrons. The number of nitrogens with two attached hydrogens (primary N) is 1. The zero-order chi connectivity index (χ0) is 15.2. The van der Waals surface area contributed by atoms with E-state index in [1.165, 1.54) is 12.1 Å². The molecule has 1 aromatic carbocycles. The first kappa shape index (κ1) is 15.6. The number of carbonyl (C=O) groups is 1. The minimum atomic E-state index is -4.81. The fourth-order valence-electron chi connectivity index (χ4n) is 1.54. The van der Waals surface area contributed by atoms with Crippen molar-refractivity contribution in [2.24, 2.45) is 5.73 Å². The van der Waals surface area contributed by atoms with Crippen LogP contribution in [0, 0.1) is 11.3 Å². The highest BCUT2D eigenvalue weighted by Gasteiger charge is 2.31. The zero-order valence-corrected chi connectivity index (χ0v) is 10.2. The minimum Gasteiger partial charge on any atom is -0.441 e. The Hall–Kier alpha value is -2.43. The van der Waals surface area contributed by atoms with Crippen molar-refractivity contribution in [3.05, 3.63) is 29.8 Å². The molecule has 0 aliphatic carbocycles. The van der Waals surface area contributed by atoms with E-state index in [-0.39, 0.29) is 18.4 Å². The van der Waals surface area contributed by atoms with Crippen molar-refractivity contribution in [3.63, 3.8) is 0 Å². The van der Waals surface area contributed by atoms with Crippen LogP contribution in [0.3, 0.4) is 0 Å². The fraction of sp³-hybridized carbons (Fsp3) is 0.333. The number of ether oxygens (including phenoxy) is 2. The monoisotopic (exact) mass is 288 g/mol. The van der Waals surface area contributed by atoms with Crippen LogP contribution >= 0.6 is 0 Å². The van der Waals surface area contributed by atoms with Crippen molar-refractivity contribution in [2.75, 3.05) is 0 Å². The first-order valence-electron chi connectivity index (χ1n) is 5.50. The first-order valence-corrected chi connectivity index (χ1v) is 5.50. The number of nitrogens with zero attached hydrogens (tertiary/aromatic N) is 1. The molecule has 1 unspecified atom stereocenters. The van der Waals surface area contributed by atoms with E-state index in [0.717, 1.165) is 12.1 Å². The van der Waals surface area contributed by atoms with Crippen LogP contribution in [0.4, 0.5) is 18.0 Å². The summed E-state index contributed by atoms with van der Waals surface area (Å²) in [6.45, 7) is 0. The van der Waals surface area contributed by atoms with Gasteiger partial charge < -0.3 is 15.2 Å². The molecule has 0 aromatic heterocycles. The number of halogens is 3. The van der Waals surface area contributed by atoms with Crippen LogP contribution < -0.4 is 10.5 Å². The van der Waals surface area contributed by atoms with E-state index >= 15 is 0 Å². The van der Waals surface area contributed by atoms with Crippen molar-refractivity contribution < 1.29 is 27.4 Å². The van der Waals surface area contributed by atoms with Crippen molar-refractivity contribution in [2.45, 2.75) is 25.3 Å². The standard InChI is InChI=1S/C12H11F3N2O3/c13-12(14,15)20-9-4-1-3-8(7-9)10(5-2-6-16)19-11(17)18/h1,3-4,7,10H,2,5H2,(H2,17,18). The molecule has 20 heavy (non-hydrogen) atoms. The zero-order valence-electron chi connectivity index (χ0n) is 10.2. The third kappa shape index (κ3) is 5.48. The number of alkyl halides is 3. The van der Waals surface area contributed by atoms with Gasteiger partial charge in [0.05, 0.1) is 6.07 Å². The van der Waals surface area contributed by atoms with Crippen LogP contribution in [0.5, 0.6) is 5.75 Å². The van der Waals surface area contributed by atoms with Crippen molar-refractivity contribution in [3.8, 4) is 11.8 Å². The number of amides is 1. The predicted molar refractivity (Wildman–Crippen MR) is 61.4 cm³/mol. The Morgan fingerprint density at radius 3 is 2.70 bits per heavy atom. The molecule has 5 nitrogen and oxygen atoms in total. The molecule has 8 heteroatoms. The van der Waals surface area contributed by atoms with Crippen molar-refractivity contribution in [1.29, 1.82) is 5.26 Å². The Bertz CT molecular complexity index is 511. The number of benzene rings is 1. The lowest BCUT2D eigenvalue weighted by molar-refractivity contribution is -0.274. The van der Waals surface area contributed by atoms with Crippen molar-refractivity contribution in [1.82, 2.24) is 0 Å². The molecule has 0 bridgehead atoms. The summed E-state index contributed by atoms with van der Waals surface area (Å²) >= 11 is 0. The maximum absolute atomic E-state index is 12.1. The van der Waals surface area contributed by atoms with Gasteiger partial charge in [0.2, 0.25) is 0 Å². The quantitative estimate of drug-likeness (QED) is 0.902. The van der Waals surface area contributed by atoms with Gasteiger partial charge in [-0.15, -0.1) is 13.2 Å². The summed E-state index contributed by atoms with van der Waals surface area (Å²) in [5.41, 5.74) is 5.15. The van der Waals surface area contributed by atoms with Crippen LogP contribution in [0.1, 0.15) is 24.5 Å². The molecule has 0 aliphatic rings.